The molecule has 0 aromatic heterocycles. The zero-order valence-corrected chi connectivity index (χ0v) is 16.8. The summed E-state index contributed by atoms with van der Waals surface area (Å²) >= 11 is 5.77. The molecule has 150 valence electrons. The average Bonchev–Trinajstić information content (AvgIpc) is 2.72. The van der Waals surface area contributed by atoms with Crippen molar-refractivity contribution in [2.45, 2.75) is 19.4 Å². The smallest absolute Gasteiger partial charge is 0.255 e. The van der Waals surface area contributed by atoms with Gasteiger partial charge in [-0.05, 0) is 55.1 Å². The van der Waals surface area contributed by atoms with Crippen LogP contribution in [0.2, 0.25) is 0 Å². The Balaban J connectivity index is 2.01. The Morgan fingerprint density at radius 2 is 1.93 bits per heavy atom. The lowest BCUT2D eigenvalue weighted by molar-refractivity contribution is -0.114. The first-order valence-electron chi connectivity index (χ1n) is 8.75. The monoisotopic (exact) mass is 411 g/mol. The highest BCUT2D eigenvalue weighted by molar-refractivity contribution is 6.17. The van der Waals surface area contributed by atoms with Gasteiger partial charge in [0.15, 0.2) is 0 Å². The summed E-state index contributed by atoms with van der Waals surface area (Å²) in [6.45, 7) is 5.26. The van der Waals surface area contributed by atoms with Gasteiger partial charge >= 0.3 is 0 Å². The molecule has 0 radical (unpaired) electrons. The normalized spacial score (nSPS) is 11.7. The number of nitrogens with two attached hydrogens (primary N) is 1. The number of allylic oxidation sites excluding steroid dienone is 1. The molecule has 0 spiro atoms. The van der Waals surface area contributed by atoms with Crippen molar-refractivity contribution < 1.29 is 14.3 Å². The predicted molar refractivity (Wildman–Crippen MR) is 116 cm³/mol. The van der Waals surface area contributed by atoms with Gasteiger partial charge in [0.2, 0.25) is 5.91 Å². The summed E-state index contributed by atoms with van der Waals surface area (Å²) in [5, 5.41) is 2.86. The highest BCUT2D eigenvalue weighted by Gasteiger charge is 2.07. The maximum absolute atomic E-state index is 12.4. The molecule has 0 bridgehead atoms. The largest absolute Gasteiger partial charge is 0.494 e. The summed E-state index contributed by atoms with van der Waals surface area (Å²) in [6, 6.07) is 14.4. The van der Waals surface area contributed by atoms with E-state index in [-0.39, 0.29) is 18.1 Å². The fraction of sp³-hybridized carbons (Fsp3) is 0.136. The lowest BCUT2D eigenvalue weighted by Crippen LogP contribution is -2.13. The van der Waals surface area contributed by atoms with Crippen molar-refractivity contribution in [2.75, 3.05) is 5.32 Å². The first kappa shape index (κ1) is 21.9. The predicted octanol–water partition coefficient (Wildman–Crippen LogP) is 4.17. The van der Waals surface area contributed by atoms with Gasteiger partial charge in [0, 0.05) is 23.3 Å². The fourth-order valence-electron chi connectivity index (χ4n) is 2.42. The Morgan fingerprint density at radius 1 is 1.21 bits per heavy atom. The topological polar surface area (TPSA) is 93.8 Å². The number of alkyl halides is 1. The van der Waals surface area contributed by atoms with Gasteiger partial charge in [-0.25, -0.2) is 0 Å². The van der Waals surface area contributed by atoms with Crippen molar-refractivity contribution in [3.63, 3.8) is 0 Å². The van der Waals surface area contributed by atoms with E-state index in [0.717, 1.165) is 11.1 Å². The number of nitrogens with zero attached hydrogens (tertiary/aromatic N) is 1. The number of amides is 2. The summed E-state index contributed by atoms with van der Waals surface area (Å²) in [6.07, 6.45) is 2.76. The van der Waals surface area contributed by atoms with E-state index in [0.29, 0.717) is 22.9 Å². The van der Waals surface area contributed by atoms with E-state index in [1.165, 1.54) is 12.3 Å². The molecule has 29 heavy (non-hydrogen) atoms. The van der Waals surface area contributed by atoms with Crippen LogP contribution in [0.15, 0.2) is 77.1 Å². The number of ether oxygens (including phenoxy) is 1. The van der Waals surface area contributed by atoms with Gasteiger partial charge in [-0.2, -0.15) is 0 Å². The van der Waals surface area contributed by atoms with Gasteiger partial charge in [-0.1, -0.05) is 24.3 Å². The molecule has 2 rings (SSSR count). The van der Waals surface area contributed by atoms with E-state index in [1.54, 1.807) is 25.1 Å². The van der Waals surface area contributed by atoms with E-state index in [4.69, 9.17) is 22.1 Å². The molecule has 2 amide bonds. The second-order valence-corrected chi connectivity index (χ2v) is 6.43. The summed E-state index contributed by atoms with van der Waals surface area (Å²) in [4.78, 5) is 27.3. The second-order valence-electron chi connectivity index (χ2n) is 6.16. The van der Waals surface area contributed by atoms with Gasteiger partial charge in [-0.15, -0.1) is 11.6 Å². The standard InChI is InChI=1S/C22H22ClN3O3/c1-15(10-19(13-25-2)21(24)27)29-14-17-4-3-5-20(11-17)26-22(28)18-8-6-16(12-23)7-9-18/h3-11,13H,2,12,14H2,1H3,(H2,24,27)(H,26,28)/b15-10+,19-13+. The summed E-state index contributed by atoms with van der Waals surface area (Å²) < 4.78 is 5.65. The molecule has 0 heterocycles. The SMILES string of the molecule is C=N/C=C(\C=C(/C)OCc1cccc(NC(=O)c2ccc(CCl)cc2)c1)C(N)=O. The van der Waals surface area contributed by atoms with E-state index in [2.05, 4.69) is 17.0 Å². The number of aliphatic imine (C=N–C) groups is 1. The molecule has 0 fully saturated rings. The van der Waals surface area contributed by atoms with Crippen LogP contribution in [0, 0.1) is 0 Å². The molecule has 3 N–H and O–H groups in total. The molecule has 0 aliphatic heterocycles. The number of primary amides is 1. The van der Waals surface area contributed by atoms with Crippen molar-refractivity contribution in [2.24, 2.45) is 10.7 Å². The minimum absolute atomic E-state index is 0.193. The van der Waals surface area contributed by atoms with E-state index in [1.807, 2.05) is 30.3 Å². The number of carbonyl (C=O) groups excluding carboxylic acids is 2. The van der Waals surface area contributed by atoms with Gasteiger partial charge in [0.25, 0.3) is 5.91 Å². The maximum Gasteiger partial charge on any atom is 0.255 e. The maximum atomic E-state index is 12.4. The Morgan fingerprint density at radius 3 is 2.55 bits per heavy atom. The fourth-order valence-corrected chi connectivity index (χ4v) is 2.59. The van der Waals surface area contributed by atoms with Crippen LogP contribution in [0.4, 0.5) is 5.69 Å². The van der Waals surface area contributed by atoms with Crippen LogP contribution in [0.25, 0.3) is 0 Å². The molecule has 2 aromatic carbocycles. The van der Waals surface area contributed by atoms with Crippen LogP contribution in [0.1, 0.15) is 28.4 Å². The number of rotatable bonds is 9. The van der Waals surface area contributed by atoms with Gasteiger partial charge < -0.3 is 15.8 Å². The molecule has 0 unspecified atom stereocenters. The molecule has 0 aliphatic rings. The molecule has 0 saturated heterocycles. The molecule has 0 aliphatic carbocycles. The van der Waals surface area contributed by atoms with E-state index < -0.39 is 5.91 Å². The zero-order valence-electron chi connectivity index (χ0n) is 16.0. The number of carbonyl (C=O) groups is 2. The molecule has 0 saturated carbocycles. The minimum Gasteiger partial charge on any atom is -0.494 e. The van der Waals surface area contributed by atoms with Gasteiger partial charge in [-0.3, -0.25) is 14.6 Å². The molecular weight excluding hydrogens is 390 g/mol. The van der Waals surface area contributed by atoms with Gasteiger partial charge in [0.1, 0.15) is 6.61 Å². The third kappa shape index (κ3) is 6.93. The third-order valence-electron chi connectivity index (χ3n) is 3.90. The van der Waals surface area contributed by atoms with E-state index >= 15 is 0 Å². The van der Waals surface area contributed by atoms with E-state index in [9.17, 15) is 9.59 Å². The van der Waals surface area contributed by atoms with Crippen LogP contribution in [-0.2, 0) is 22.0 Å². The second kappa shape index (κ2) is 10.8. The summed E-state index contributed by atoms with van der Waals surface area (Å²) in [5.74, 6) is 0.0589. The number of anilines is 1. The quantitative estimate of drug-likeness (QED) is 0.213. The van der Waals surface area contributed by atoms with Crippen molar-refractivity contribution in [1.29, 1.82) is 0 Å². The van der Waals surface area contributed by atoms with Crippen molar-refractivity contribution in [1.82, 2.24) is 0 Å². The summed E-state index contributed by atoms with van der Waals surface area (Å²) in [5.41, 5.74) is 8.44. The van der Waals surface area contributed by atoms with Crippen LogP contribution < -0.4 is 11.1 Å². The number of benzene rings is 2. The van der Waals surface area contributed by atoms with Crippen molar-refractivity contribution in [3.8, 4) is 0 Å². The van der Waals surface area contributed by atoms with Crippen molar-refractivity contribution in [3.05, 3.63) is 88.8 Å². The highest BCUT2D eigenvalue weighted by atomic mass is 35.5. The molecule has 0 atom stereocenters. The lowest BCUT2D eigenvalue weighted by Gasteiger charge is -2.10. The Bertz CT molecular complexity index is 950. The van der Waals surface area contributed by atoms with Crippen LogP contribution in [0.5, 0.6) is 0 Å². The number of hydrogen-bond acceptors (Lipinski definition) is 4. The molecule has 7 heteroatoms. The lowest BCUT2D eigenvalue weighted by atomic mass is 10.1. The van der Waals surface area contributed by atoms with Gasteiger partial charge in [0.05, 0.1) is 11.3 Å². The molecule has 6 nitrogen and oxygen atoms in total. The molecule has 2 aromatic rings. The number of nitrogens with one attached hydrogen (secondary N) is 1. The Kier molecular flexibility index (Phi) is 8.18. The Labute approximate surface area is 174 Å². The highest BCUT2D eigenvalue weighted by Crippen LogP contribution is 2.15. The van der Waals surface area contributed by atoms with Crippen molar-refractivity contribution >= 4 is 35.8 Å². The third-order valence-corrected chi connectivity index (χ3v) is 4.20. The number of hydrogen-bond donors (Lipinski definition) is 2. The number of halogens is 1. The molecular formula is C22H22ClN3O3. The average molecular weight is 412 g/mol. The summed E-state index contributed by atoms with van der Waals surface area (Å²) in [7, 11) is 0. The van der Waals surface area contributed by atoms with Crippen LogP contribution >= 0.6 is 11.6 Å². The first-order chi connectivity index (χ1) is 13.9. The van der Waals surface area contributed by atoms with Crippen LogP contribution in [-0.4, -0.2) is 18.5 Å². The van der Waals surface area contributed by atoms with Crippen LogP contribution in [0.3, 0.4) is 0 Å². The Hall–Kier alpha value is -3.38. The zero-order chi connectivity index (χ0) is 21.2. The minimum atomic E-state index is -0.621. The first-order valence-corrected chi connectivity index (χ1v) is 9.28.